The average Bonchev–Trinajstić information content (AvgIpc) is 2.48. The van der Waals surface area contributed by atoms with Crippen LogP contribution in [0.1, 0.15) is 36.8 Å². The van der Waals surface area contributed by atoms with Crippen LogP contribution in [0, 0.1) is 6.92 Å². The zero-order valence-electron chi connectivity index (χ0n) is 14.2. The predicted molar refractivity (Wildman–Crippen MR) is 98.1 cm³/mol. The van der Waals surface area contributed by atoms with E-state index in [-0.39, 0.29) is 18.0 Å². The molecule has 2 rings (SSSR count). The Morgan fingerprint density at radius 3 is 2.71 bits per heavy atom. The molecule has 0 atom stereocenters. The summed E-state index contributed by atoms with van der Waals surface area (Å²) in [6.45, 7) is 7.99. The molecule has 0 fully saturated rings. The van der Waals surface area contributed by atoms with E-state index < -0.39 is 0 Å². The van der Waals surface area contributed by atoms with E-state index in [4.69, 9.17) is 10.5 Å². The largest absolute Gasteiger partial charge is 0.490 e. The fourth-order valence-electron chi connectivity index (χ4n) is 2.35. The van der Waals surface area contributed by atoms with Gasteiger partial charge in [-0.25, -0.2) is 9.97 Å². The molecule has 1 amide bonds. The lowest BCUT2D eigenvalue weighted by molar-refractivity contribution is 0.0955. The molecule has 0 saturated carbocycles. The maximum absolute atomic E-state index is 12.5. The number of hydrogen-bond donors (Lipinski definition) is 2. The van der Waals surface area contributed by atoms with E-state index in [1.165, 1.54) is 0 Å². The normalized spacial score (nSPS) is 10.8. The van der Waals surface area contributed by atoms with Crippen LogP contribution in [0.4, 0.5) is 5.95 Å². The number of nitrogens with one attached hydrogen (secondary N) is 1. The van der Waals surface area contributed by atoms with Crippen LogP contribution in [0.25, 0.3) is 11.3 Å². The summed E-state index contributed by atoms with van der Waals surface area (Å²) in [7, 11) is 0. The van der Waals surface area contributed by atoms with Crippen molar-refractivity contribution in [2.45, 2.75) is 33.8 Å². The highest BCUT2D eigenvalue weighted by Gasteiger charge is 2.22. The van der Waals surface area contributed by atoms with Gasteiger partial charge in [-0.05, 0) is 45.9 Å². The average molecular weight is 393 g/mol. The molecule has 1 aromatic heterocycles. The molecule has 6 nitrogen and oxygen atoms in total. The lowest BCUT2D eigenvalue weighted by Crippen LogP contribution is -2.25. The van der Waals surface area contributed by atoms with Gasteiger partial charge in [-0.3, -0.25) is 4.79 Å². The third-order valence-corrected chi connectivity index (χ3v) is 3.72. The molecule has 24 heavy (non-hydrogen) atoms. The molecule has 128 valence electrons. The molecule has 0 aliphatic rings. The number of hydrogen-bond acceptors (Lipinski definition) is 5. The lowest BCUT2D eigenvalue weighted by Gasteiger charge is -2.17. The van der Waals surface area contributed by atoms with Crippen molar-refractivity contribution >= 4 is 27.8 Å². The topological polar surface area (TPSA) is 90.1 Å². The van der Waals surface area contributed by atoms with E-state index in [0.29, 0.717) is 34.8 Å². The maximum Gasteiger partial charge on any atom is 0.255 e. The number of carbonyl (C=O) groups is 1. The molecule has 0 aliphatic carbocycles. The third kappa shape index (κ3) is 4.03. The van der Waals surface area contributed by atoms with Crippen molar-refractivity contribution in [2.24, 2.45) is 0 Å². The molecule has 3 N–H and O–H groups in total. The Hall–Kier alpha value is -2.15. The highest BCUT2D eigenvalue weighted by atomic mass is 79.9. The SMILES string of the molecule is CCNC(=O)c1c(C)nc(N)nc1-c1cc(Br)ccc1OC(C)C. The second-order valence-electron chi connectivity index (χ2n) is 5.56. The van der Waals surface area contributed by atoms with Gasteiger partial charge in [0.25, 0.3) is 5.91 Å². The second-order valence-corrected chi connectivity index (χ2v) is 6.47. The van der Waals surface area contributed by atoms with Gasteiger partial charge in [0.1, 0.15) is 5.75 Å². The third-order valence-electron chi connectivity index (χ3n) is 3.23. The van der Waals surface area contributed by atoms with E-state index in [2.05, 4.69) is 31.2 Å². The van der Waals surface area contributed by atoms with Crippen molar-refractivity contribution in [3.05, 3.63) is 33.9 Å². The first-order valence-corrected chi connectivity index (χ1v) is 8.51. The van der Waals surface area contributed by atoms with Crippen molar-refractivity contribution in [3.63, 3.8) is 0 Å². The minimum atomic E-state index is -0.236. The Morgan fingerprint density at radius 2 is 2.08 bits per heavy atom. The molecule has 1 heterocycles. The Bertz CT molecular complexity index is 762. The van der Waals surface area contributed by atoms with Crippen molar-refractivity contribution in [1.82, 2.24) is 15.3 Å². The number of aryl methyl sites for hydroxylation is 1. The van der Waals surface area contributed by atoms with Crippen LogP contribution >= 0.6 is 15.9 Å². The van der Waals surface area contributed by atoms with Crippen LogP contribution < -0.4 is 15.8 Å². The number of anilines is 1. The molecule has 0 radical (unpaired) electrons. The van der Waals surface area contributed by atoms with Crippen LogP contribution in [0.3, 0.4) is 0 Å². The van der Waals surface area contributed by atoms with E-state index >= 15 is 0 Å². The Morgan fingerprint density at radius 1 is 1.38 bits per heavy atom. The number of ether oxygens (including phenoxy) is 1. The Kier molecular flexibility index (Phi) is 5.77. The van der Waals surface area contributed by atoms with Gasteiger partial charge in [0, 0.05) is 16.6 Å². The minimum Gasteiger partial charge on any atom is -0.490 e. The smallest absolute Gasteiger partial charge is 0.255 e. The molecular formula is C17H21BrN4O2. The highest BCUT2D eigenvalue weighted by molar-refractivity contribution is 9.10. The number of amides is 1. The number of nitrogens with zero attached hydrogens (tertiary/aromatic N) is 2. The van der Waals surface area contributed by atoms with Crippen LogP contribution in [0.15, 0.2) is 22.7 Å². The number of benzene rings is 1. The quantitative estimate of drug-likeness (QED) is 0.813. The maximum atomic E-state index is 12.5. The van der Waals surface area contributed by atoms with E-state index in [0.717, 1.165) is 4.47 Å². The Labute approximate surface area is 150 Å². The molecule has 2 aromatic rings. The van der Waals surface area contributed by atoms with Gasteiger partial charge in [-0.1, -0.05) is 15.9 Å². The molecule has 1 aromatic carbocycles. The van der Waals surface area contributed by atoms with Gasteiger partial charge in [0.2, 0.25) is 5.95 Å². The summed E-state index contributed by atoms with van der Waals surface area (Å²) in [6, 6.07) is 5.58. The molecule has 0 unspecified atom stereocenters. The van der Waals surface area contributed by atoms with E-state index in [9.17, 15) is 4.79 Å². The minimum absolute atomic E-state index is 0.0156. The standard InChI is InChI=1S/C17H21BrN4O2/c1-5-20-16(23)14-10(4)21-17(19)22-15(14)12-8-11(18)6-7-13(12)24-9(2)3/h6-9H,5H2,1-4H3,(H,20,23)(H2,19,21,22). The second kappa shape index (κ2) is 7.61. The number of halogens is 1. The van der Waals surface area contributed by atoms with Crippen molar-refractivity contribution in [3.8, 4) is 17.0 Å². The summed E-state index contributed by atoms with van der Waals surface area (Å²) in [5, 5.41) is 2.79. The van der Waals surface area contributed by atoms with Crippen LogP contribution in [0.5, 0.6) is 5.75 Å². The van der Waals surface area contributed by atoms with Crippen molar-refractivity contribution in [2.75, 3.05) is 12.3 Å². The molecule has 0 bridgehead atoms. The first-order chi connectivity index (χ1) is 11.3. The number of carbonyl (C=O) groups excluding carboxylic acids is 1. The van der Waals surface area contributed by atoms with Crippen LogP contribution in [-0.2, 0) is 0 Å². The van der Waals surface area contributed by atoms with Crippen LogP contribution in [-0.4, -0.2) is 28.5 Å². The fraction of sp³-hybridized carbons (Fsp3) is 0.353. The number of nitrogens with two attached hydrogens (primary N) is 1. The summed E-state index contributed by atoms with van der Waals surface area (Å²) in [5.74, 6) is 0.516. The van der Waals surface area contributed by atoms with Crippen LogP contribution in [0.2, 0.25) is 0 Å². The first kappa shape index (κ1) is 18.2. The summed E-state index contributed by atoms with van der Waals surface area (Å²) in [4.78, 5) is 21.0. The molecule has 7 heteroatoms. The molecule has 0 aliphatic heterocycles. The number of aromatic nitrogens is 2. The van der Waals surface area contributed by atoms with Gasteiger partial charge in [-0.2, -0.15) is 0 Å². The summed E-state index contributed by atoms with van der Waals surface area (Å²) < 4.78 is 6.73. The zero-order chi connectivity index (χ0) is 17.9. The van der Waals surface area contributed by atoms with Gasteiger partial charge < -0.3 is 15.8 Å². The van der Waals surface area contributed by atoms with Gasteiger partial charge in [0.15, 0.2) is 0 Å². The summed E-state index contributed by atoms with van der Waals surface area (Å²) in [6.07, 6.45) is -0.0156. The number of rotatable bonds is 5. The van der Waals surface area contributed by atoms with Gasteiger partial charge in [-0.15, -0.1) is 0 Å². The Balaban J connectivity index is 2.71. The molecular weight excluding hydrogens is 372 g/mol. The predicted octanol–water partition coefficient (Wildman–Crippen LogP) is 3.33. The first-order valence-electron chi connectivity index (χ1n) is 7.72. The monoisotopic (exact) mass is 392 g/mol. The molecule has 0 spiro atoms. The van der Waals surface area contributed by atoms with E-state index in [1.807, 2.05) is 39.0 Å². The van der Waals surface area contributed by atoms with Crippen molar-refractivity contribution in [1.29, 1.82) is 0 Å². The molecule has 0 saturated heterocycles. The highest BCUT2D eigenvalue weighted by Crippen LogP contribution is 2.35. The summed E-state index contributed by atoms with van der Waals surface area (Å²) in [5.41, 5.74) is 7.90. The zero-order valence-corrected chi connectivity index (χ0v) is 15.8. The fourth-order valence-corrected chi connectivity index (χ4v) is 2.72. The van der Waals surface area contributed by atoms with Gasteiger partial charge >= 0.3 is 0 Å². The number of nitrogen functional groups attached to an aromatic ring is 1. The van der Waals surface area contributed by atoms with Crippen molar-refractivity contribution < 1.29 is 9.53 Å². The lowest BCUT2D eigenvalue weighted by atomic mass is 10.0. The van der Waals surface area contributed by atoms with E-state index in [1.54, 1.807) is 6.92 Å². The van der Waals surface area contributed by atoms with Gasteiger partial charge in [0.05, 0.1) is 23.1 Å². The summed E-state index contributed by atoms with van der Waals surface area (Å²) >= 11 is 3.46.